The van der Waals surface area contributed by atoms with Crippen molar-refractivity contribution in [2.45, 2.75) is 45.8 Å². The molecular weight excluding hydrogens is 260 g/mol. The van der Waals surface area contributed by atoms with Crippen LogP contribution in [-0.2, 0) is 13.0 Å². The first-order valence-electron chi connectivity index (χ1n) is 7.56. The molecule has 2 aromatic rings. The summed E-state index contributed by atoms with van der Waals surface area (Å²) in [5, 5.41) is 3.27. The molecule has 0 saturated heterocycles. The smallest absolute Gasteiger partial charge is 0.224 e. The molecule has 2 heterocycles. The van der Waals surface area contributed by atoms with Crippen LogP contribution in [0.1, 0.15) is 31.9 Å². The van der Waals surface area contributed by atoms with Gasteiger partial charge in [0.1, 0.15) is 5.82 Å². The molecule has 0 aliphatic carbocycles. The predicted molar refractivity (Wildman–Crippen MR) is 86.6 cm³/mol. The van der Waals surface area contributed by atoms with Crippen LogP contribution in [0, 0.1) is 0 Å². The monoisotopic (exact) mass is 282 g/mol. The van der Waals surface area contributed by atoms with Crippen LogP contribution in [0.5, 0.6) is 0 Å². The third-order valence-electron chi connectivity index (χ3n) is 3.86. The van der Waals surface area contributed by atoms with E-state index in [9.17, 15) is 0 Å². The molecule has 1 aromatic carbocycles. The molecule has 1 N–H and O–H groups in total. The number of fused-ring (bicyclic) bond motifs is 1. The van der Waals surface area contributed by atoms with Crippen LogP contribution in [0.15, 0.2) is 36.5 Å². The summed E-state index contributed by atoms with van der Waals surface area (Å²) < 4.78 is 0. The van der Waals surface area contributed by atoms with Crippen LogP contribution in [-0.4, -0.2) is 22.1 Å². The van der Waals surface area contributed by atoms with Crippen molar-refractivity contribution in [3.05, 3.63) is 47.7 Å². The van der Waals surface area contributed by atoms with Crippen LogP contribution in [0.4, 0.5) is 11.8 Å². The van der Waals surface area contributed by atoms with E-state index in [1.165, 1.54) is 11.1 Å². The molecule has 0 amide bonds. The van der Waals surface area contributed by atoms with E-state index in [0.717, 1.165) is 18.8 Å². The van der Waals surface area contributed by atoms with E-state index in [4.69, 9.17) is 0 Å². The molecule has 4 heteroatoms. The topological polar surface area (TPSA) is 41.1 Å². The molecule has 4 nitrogen and oxygen atoms in total. The Morgan fingerprint density at radius 2 is 1.95 bits per heavy atom. The van der Waals surface area contributed by atoms with Gasteiger partial charge in [0.2, 0.25) is 5.95 Å². The van der Waals surface area contributed by atoms with Crippen LogP contribution in [0.3, 0.4) is 0 Å². The van der Waals surface area contributed by atoms with Crippen molar-refractivity contribution in [3.63, 3.8) is 0 Å². The summed E-state index contributed by atoms with van der Waals surface area (Å²) in [6, 6.07) is 11.4. The molecule has 110 valence electrons. The summed E-state index contributed by atoms with van der Waals surface area (Å²) >= 11 is 0. The molecule has 1 aromatic heterocycles. The molecule has 0 fully saturated rings. The largest absolute Gasteiger partial charge is 0.352 e. The number of nitrogens with one attached hydrogen (secondary N) is 1. The van der Waals surface area contributed by atoms with Crippen molar-refractivity contribution in [2.75, 3.05) is 10.2 Å². The van der Waals surface area contributed by atoms with Gasteiger partial charge < -0.3 is 10.2 Å². The fraction of sp³-hybridized carbons (Fsp3) is 0.412. The fourth-order valence-electron chi connectivity index (χ4n) is 2.82. The van der Waals surface area contributed by atoms with Crippen molar-refractivity contribution in [3.8, 4) is 0 Å². The highest BCUT2D eigenvalue weighted by atomic mass is 15.2. The number of benzene rings is 1. The van der Waals surface area contributed by atoms with Gasteiger partial charge in [-0.25, -0.2) is 4.98 Å². The summed E-state index contributed by atoms with van der Waals surface area (Å²) in [6.07, 6.45) is 2.90. The Balaban J connectivity index is 1.87. The van der Waals surface area contributed by atoms with Crippen LogP contribution >= 0.6 is 0 Å². The Morgan fingerprint density at radius 3 is 2.71 bits per heavy atom. The minimum Gasteiger partial charge on any atom is -0.352 e. The number of nitrogens with zero attached hydrogens (tertiary/aromatic N) is 3. The minimum atomic E-state index is 0.333. The molecule has 0 radical (unpaired) electrons. The quantitative estimate of drug-likeness (QED) is 0.938. The van der Waals surface area contributed by atoms with Crippen LogP contribution in [0.2, 0.25) is 0 Å². The van der Waals surface area contributed by atoms with Crippen molar-refractivity contribution in [1.82, 2.24) is 9.97 Å². The Morgan fingerprint density at radius 1 is 1.19 bits per heavy atom. The third kappa shape index (κ3) is 2.99. The van der Waals surface area contributed by atoms with E-state index in [0.29, 0.717) is 18.0 Å². The summed E-state index contributed by atoms with van der Waals surface area (Å²) in [5.41, 5.74) is 2.85. The van der Waals surface area contributed by atoms with Crippen molar-refractivity contribution < 1.29 is 0 Å². The molecular formula is C17H22N4. The Labute approximate surface area is 126 Å². The van der Waals surface area contributed by atoms with Gasteiger partial charge in [-0.15, -0.1) is 0 Å². The average Bonchev–Trinajstić information content (AvgIpc) is 2.46. The van der Waals surface area contributed by atoms with Gasteiger partial charge >= 0.3 is 0 Å². The Kier molecular flexibility index (Phi) is 3.78. The average molecular weight is 282 g/mol. The SMILES string of the molecule is CC(C)Nc1nccc(N2Cc3ccccc3C[C@H]2C)n1. The van der Waals surface area contributed by atoms with Gasteiger partial charge in [0.25, 0.3) is 0 Å². The molecule has 0 bridgehead atoms. The summed E-state index contributed by atoms with van der Waals surface area (Å²) in [6.45, 7) is 7.36. The second kappa shape index (κ2) is 5.72. The lowest BCUT2D eigenvalue weighted by atomic mass is 9.95. The molecule has 21 heavy (non-hydrogen) atoms. The zero-order chi connectivity index (χ0) is 14.8. The highest BCUT2D eigenvalue weighted by Crippen LogP contribution is 2.27. The number of anilines is 2. The maximum atomic E-state index is 4.66. The number of hydrogen-bond acceptors (Lipinski definition) is 4. The van der Waals surface area contributed by atoms with Crippen molar-refractivity contribution >= 4 is 11.8 Å². The summed E-state index contributed by atoms with van der Waals surface area (Å²) in [7, 11) is 0. The van der Waals surface area contributed by atoms with Gasteiger partial charge in [-0.05, 0) is 44.4 Å². The highest BCUT2D eigenvalue weighted by molar-refractivity contribution is 5.47. The number of rotatable bonds is 3. The molecule has 1 aliphatic rings. The molecule has 0 unspecified atom stereocenters. The maximum Gasteiger partial charge on any atom is 0.224 e. The zero-order valence-corrected chi connectivity index (χ0v) is 12.9. The lowest BCUT2D eigenvalue weighted by Crippen LogP contribution is -2.39. The van der Waals surface area contributed by atoms with Gasteiger partial charge in [0.05, 0.1) is 0 Å². The summed E-state index contributed by atoms with van der Waals surface area (Å²) in [4.78, 5) is 11.3. The fourth-order valence-corrected chi connectivity index (χ4v) is 2.82. The van der Waals surface area contributed by atoms with Gasteiger partial charge in [-0.3, -0.25) is 0 Å². The first kappa shape index (κ1) is 13.9. The van der Waals surface area contributed by atoms with Crippen molar-refractivity contribution in [2.24, 2.45) is 0 Å². The van der Waals surface area contributed by atoms with E-state index >= 15 is 0 Å². The highest BCUT2D eigenvalue weighted by Gasteiger charge is 2.23. The molecule has 0 spiro atoms. The maximum absolute atomic E-state index is 4.66. The van der Waals surface area contributed by atoms with E-state index < -0.39 is 0 Å². The standard InChI is InChI=1S/C17H22N4/c1-12(2)19-17-18-9-8-16(20-17)21-11-15-7-5-4-6-14(15)10-13(21)3/h4-9,12-13H,10-11H2,1-3H3,(H,18,19,20)/t13-/m1/s1. The number of aromatic nitrogens is 2. The Hall–Kier alpha value is -2.10. The third-order valence-corrected chi connectivity index (χ3v) is 3.86. The molecule has 1 atom stereocenters. The zero-order valence-electron chi connectivity index (χ0n) is 12.9. The van der Waals surface area contributed by atoms with E-state index in [1.807, 2.05) is 12.3 Å². The lowest BCUT2D eigenvalue weighted by molar-refractivity contribution is 0.586. The molecule has 1 aliphatic heterocycles. The molecule has 3 rings (SSSR count). The van der Waals surface area contributed by atoms with Gasteiger partial charge in [-0.2, -0.15) is 4.98 Å². The number of hydrogen-bond donors (Lipinski definition) is 1. The van der Waals surface area contributed by atoms with E-state index in [2.05, 4.69) is 65.2 Å². The second-order valence-corrected chi connectivity index (χ2v) is 5.99. The first-order valence-corrected chi connectivity index (χ1v) is 7.56. The second-order valence-electron chi connectivity index (χ2n) is 5.99. The lowest BCUT2D eigenvalue weighted by Gasteiger charge is -2.35. The normalized spacial score (nSPS) is 17.7. The van der Waals surface area contributed by atoms with E-state index in [1.54, 1.807) is 0 Å². The van der Waals surface area contributed by atoms with Gasteiger partial charge in [-0.1, -0.05) is 24.3 Å². The van der Waals surface area contributed by atoms with Gasteiger partial charge in [0.15, 0.2) is 0 Å². The summed E-state index contributed by atoms with van der Waals surface area (Å²) in [5.74, 6) is 1.70. The minimum absolute atomic E-state index is 0.333. The van der Waals surface area contributed by atoms with Gasteiger partial charge in [0, 0.05) is 24.8 Å². The van der Waals surface area contributed by atoms with Crippen LogP contribution < -0.4 is 10.2 Å². The van der Waals surface area contributed by atoms with E-state index in [-0.39, 0.29) is 0 Å². The Bertz CT molecular complexity index is 624. The first-order chi connectivity index (χ1) is 10.1. The predicted octanol–water partition coefficient (Wildman–Crippen LogP) is 3.25. The van der Waals surface area contributed by atoms with Crippen molar-refractivity contribution in [1.29, 1.82) is 0 Å². The van der Waals surface area contributed by atoms with Crippen LogP contribution in [0.25, 0.3) is 0 Å². The molecule has 0 saturated carbocycles.